The van der Waals surface area contributed by atoms with Gasteiger partial charge < -0.3 is 4.74 Å². The summed E-state index contributed by atoms with van der Waals surface area (Å²) in [6, 6.07) is 21.7. The molecule has 0 spiro atoms. The smallest absolute Gasteiger partial charge is 0.264 e. The van der Waals surface area contributed by atoms with Crippen molar-refractivity contribution in [2.24, 2.45) is 5.10 Å². The van der Waals surface area contributed by atoms with E-state index in [1.807, 2.05) is 6.07 Å². The highest BCUT2D eigenvalue weighted by Gasteiger charge is 2.27. The van der Waals surface area contributed by atoms with Crippen molar-refractivity contribution in [2.45, 2.75) is 4.90 Å². The molecule has 0 radical (unpaired) electrons. The summed E-state index contributed by atoms with van der Waals surface area (Å²) in [6.07, 6.45) is 1.35. The van der Waals surface area contributed by atoms with Crippen LogP contribution in [0.25, 0.3) is 10.9 Å². The van der Waals surface area contributed by atoms with Crippen molar-refractivity contribution < 1.29 is 17.9 Å². The number of halogens is 2. The number of rotatable bonds is 8. The summed E-state index contributed by atoms with van der Waals surface area (Å²) in [5, 5.41) is 4.96. The van der Waals surface area contributed by atoms with E-state index in [1.54, 1.807) is 67.8 Å². The van der Waals surface area contributed by atoms with Crippen LogP contribution in [0.3, 0.4) is 0 Å². The predicted octanol–water partition coefficient (Wildman–Crippen LogP) is 5.00. The first-order valence-electron chi connectivity index (χ1n) is 10.6. The number of pyridine rings is 1. The summed E-state index contributed by atoms with van der Waals surface area (Å²) >= 11 is 9.62. The lowest BCUT2D eigenvalue weighted by molar-refractivity contribution is -0.119. The first-order chi connectivity index (χ1) is 17.3. The van der Waals surface area contributed by atoms with Gasteiger partial charge in [-0.25, -0.2) is 18.8 Å². The minimum absolute atomic E-state index is 0.0620. The molecule has 0 aliphatic carbocycles. The Morgan fingerprint density at radius 1 is 1.11 bits per heavy atom. The van der Waals surface area contributed by atoms with Gasteiger partial charge in [-0.2, -0.15) is 5.10 Å². The maximum atomic E-state index is 13.3. The summed E-state index contributed by atoms with van der Waals surface area (Å²) in [5.74, 6) is 0.0144. The fourth-order valence-electron chi connectivity index (χ4n) is 3.36. The lowest BCUT2D eigenvalue weighted by Crippen LogP contribution is -2.39. The van der Waals surface area contributed by atoms with Crippen molar-refractivity contribution in [3.8, 4) is 5.75 Å². The first-order valence-corrected chi connectivity index (χ1v) is 13.2. The maximum absolute atomic E-state index is 13.3. The van der Waals surface area contributed by atoms with Gasteiger partial charge in [0.2, 0.25) is 0 Å². The van der Waals surface area contributed by atoms with E-state index in [-0.39, 0.29) is 10.0 Å². The highest BCUT2D eigenvalue weighted by Crippen LogP contribution is 2.26. The van der Waals surface area contributed by atoms with Crippen LogP contribution in [0, 0.1) is 0 Å². The number of nitrogens with zero attached hydrogens (tertiary/aromatic N) is 3. The molecule has 0 aliphatic rings. The van der Waals surface area contributed by atoms with Gasteiger partial charge in [-0.05, 0) is 48.5 Å². The Bertz CT molecular complexity index is 1550. The van der Waals surface area contributed by atoms with Crippen LogP contribution in [-0.2, 0) is 14.8 Å². The lowest BCUT2D eigenvalue weighted by Gasteiger charge is -2.23. The standard InChI is InChI=1S/C25H20BrClN4O4S/c1-35-21-11-10-17-12-18(25(27)29-23(17)14-21)15-28-30-24(32)16-31(20-7-5-6-19(26)13-20)36(33,34)22-8-3-2-4-9-22/h2-15H,16H2,1H3,(H,30,32)/b28-15-. The lowest BCUT2D eigenvalue weighted by atomic mass is 10.1. The Morgan fingerprint density at radius 3 is 2.61 bits per heavy atom. The Hall–Kier alpha value is -3.47. The molecular formula is C25H20BrClN4O4S. The highest BCUT2D eigenvalue weighted by atomic mass is 79.9. The largest absolute Gasteiger partial charge is 0.497 e. The third-order valence-corrected chi connectivity index (χ3v) is 7.70. The molecule has 0 saturated heterocycles. The molecule has 1 aromatic heterocycles. The normalized spacial score (nSPS) is 11.5. The minimum atomic E-state index is -4.02. The first kappa shape index (κ1) is 25.6. The number of hydrazone groups is 1. The molecular weight excluding hydrogens is 568 g/mol. The SMILES string of the molecule is COc1ccc2cc(/C=N\NC(=O)CN(c3cccc(Br)c3)S(=O)(=O)c3ccccc3)c(Cl)nc2c1. The van der Waals surface area contributed by atoms with Crippen LogP contribution in [0.2, 0.25) is 5.15 Å². The number of aromatic nitrogens is 1. The second-order valence-electron chi connectivity index (χ2n) is 7.52. The van der Waals surface area contributed by atoms with E-state index < -0.39 is 22.5 Å². The molecule has 184 valence electrons. The van der Waals surface area contributed by atoms with Gasteiger partial charge in [0.25, 0.3) is 15.9 Å². The minimum Gasteiger partial charge on any atom is -0.497 e. The average molecular weight is 588 g/mol. The maximum Gasteiger partial charge on any atom is 0.264 e. The van der Waals surface area contributed by atoms with E-state index in [0.29, 0.717) is 27.0 Å². The van der Waals surface area contributed by atoms with Gasteiger partial charge >= 0.3 is 0 Å². The van der Waals surface area contributed by atoms with E-state index in [2.05, 4.69) is 31.4 Å². The molecule has 0 bridgehead atoms. The fourth-order valence-corrected chi connectivity index (χ4v) is 5.38. The van der Waals surface area contributed by atoms with Gasteiger partial charge in [-0.1, -0.05) is 51.8 Å². The van der Waals surface area contributed by atoms with E-state index >= 15 is 0 Å². The summed E-state index contributed by atoms with van der Waals surface area (Å²) in [4.78, 5) is 17.1. The van der Waals surface area contributed by atoms with Gasteiger partial charge in [0.1, 0.15) is 17.4 Å². The average Bonchev–Trinajstić information content (AvgIpc) is 2.87. The summed E-state index contributed by atoms with van der Waals surface area (Å²) in [6.45, 7) is -0.492. The Morgan fingerprint density at radius 2 is 1.89 bits per heavy atom. The van der Waals surface area contributed by atoms with Crippen molar-refractivity contribution in [2.75, 3.05) is 18.0 Å². The number of nitrogens with one attached hydrogen (secondary N) is 1. The molecule has 8 nitrogen and oxygen atoms in total. The molecule has 1 heterocycles. The predicted molar refractivity (Wildman–Crippen MR) is 144 cm³/mol. The van der Waals surface area contributed by atoms with Crippen LogP contribution >= 0.6 is 27.5 Å². The number of amides is 1. The van der Waals surface area contributed by atoms with Crippen molar-refractivity contribution >= 4 is 66.3 Å². The molecule has 0 fully saturated rings. The van der Waals surface area contributed by atoms with Gasteiger partial charge in [-0.3, -0.25) is 9.10 Å². The van der Waals surface area contributed by atoms with E-state index in [4.69, 9.17) is 16.3 Å². The number of fused-ring (bicyclic) bond motifs is 1. The Balaban J connectivity index is 1.55. The molecule has 1 amide bonds. The molecule has 1 N–H and O–H groups in total. The Kier molecular flexibility index (Phi) is 7.88. The van der Waals surface area contributed by atoms with Crippen LogP contribution in [-0.4, -0.2) is 39.2 Å². The molecule has 36 heavy (non-hydrogen) atoms. The van der Waals surface area contributed by atoms with Gasteiger partial charge in [0.05, 0.1) is 29.4 Å². The zero-order valence-corrected chi connectivity index (χ0v) is 22.1. The van der Waals surface area contributed by atoms with E-state index in [9.17, 15) is 13.2 Å². The van der Waals surface area contributed by atoms with Gasteiger partial charge in [0.15, 0.2) is 0 Å². The quantitative estimate of drug-likeness (QED) is 0.178. The third kappa shape index (κ3) is 5.84. The molecule has 0 atom stereocenters. The molecule has 4 aromatic rings. The van der Waals surface area contributed by atoms with Crippen LogP contribution in [0.15, 0.2) is 93.3 Å². The molecule has 11 heteroatoms. The zero-order chi connectivity index (χ0) is 25.7. The number of sulfonamides is 1. The van der Waals surface area contributed by atoms with Gasteiger partial charge in [-0.15, -0.1) is 0 Å². The number of methoxy groups -OCH3 is 1. The number of anilines is 1. The summed E-state index contributed by atoms with van der Waals surface area (Å²) < 4.78 is 33.6. The number of carbonyl (C=O) groups is 1. The van der Waals surface area contributed by atoms with Crippen LogP contribution < -0.4 is 14.5 Å². The Labute approximate surface area is 221 Å². The fraction of sp³-hybridized carbons (Fsp3) is 0.0800. The third-order valence-electron chi connectivity index (χ3n) is 5.11. The molecule has 0 unspecified atom stereocenters. The molecule has 4 rings (SSSR count). The second-order valence-corrected chi connectivity index (χ2v) is 10.7. The second kappa shape index (κ2) is 11.1. The number of carbonyl (C=O) groups excluding carboxylic acids is 1. The summed E-state index contributed by atoms with van der Waals surface area (Å²) in [7, 11) is -2.46. The number of hydrogen-bond donors (Lipinski definition) is 1. The van der Waals surface area contributed by atoms with Crippen molar-refractivity contribution in [1.29, 1.82) is 0 Å². The molecule has 3 aromatic carbocycles. The summed E-state index contributed by atoms with van der Waals surface area (Å²) in [5.41, 5.74) is 3.82. The van der Waals surface area contributed by atoms with Crippen molar-refractivity contribution in [3.63, 3.8) is 0 Å². The highest BCUT2D eigenvalue weighted by molar-refractivity contribution is 9.10. The zero-order valence-electron chi connectivity index (χ0n) is 18.9. The van der Waals surface area contributed by atoms with Crippen LogP contribution in [0.1, 0.15) is 5.56 Å². The number of ether oxygens (including phenoxy) is 1. The van der Waals surface area contributed by atoms with Gasteiger partial charge in [0, 0.05) is 21.5 Å². The van der Waals surface area contributed by atoms with Crippen LogP contribution in [0.5, 0.6) is 5.75 Å². The van der Waals surface area contributed by atoms with Crippen molar-refractivity contribution in [1.82, 2.24) is 10.4 Å². The topological polar surface area (TPSA) is 101 Å². The monoisotopic (exact) mass is 586 g/mol. The van der Waals surface area contributed by atoms with Crippen molar-refractivity contribution in [3.05, 3.63) is 94.1 Å². The van der Waals surface area contributed by atoms with Crippen LogP contribution in [0.4, 0.5) is 5.69 Å². The number of benzene rings is 3. The number of hydrogen-bond acceptors (Lipinski definition) is 6. The molecule has 0 aliphatic heterocycles. The molecule has 0 saturated carbocycles. The van der Waals surface area contributed by atoms with E-state index in [1.165, 1.54) is 18.3 Å². The van der Waals surface area contributed by atoms with E-state index in [0.717, 1.165) is 9.69 Å².